The van der Waals surface area contributed by atoms with Crippen LogP contribution >= 0.6 is 0 Å². The highest BCUT2D eigenvalue weighted by Crippen LogP contribution is 2.24. The van der Waals surface area contributed by atoms with Crippen LogP contribution in [-0.4, -0.2) is 6.54 Å². The van der Waals surface area contributed by atoms with Crippen LogP contribution in [0.5, 0.6) is 11.5 Å². The normalized spacial score (nSPS) is 10.4. The Bertz CT molecular complexity index is 1020. The smallest absolute Gasteiger partial charge is 0.130 e. The Morgan fingerprint density at radius 2 is 1.69 bits per heavy atom. The largest absolute Gasteiger partial charge is 0.457 e. The van der Waals surface area contributed by atoms with E-state index in [9.17, 15) is 4.39 Å². The Balaban J connectivity index is 1.53. The Morgan fingerprint density at radius 3 is 2.41 bits per heavy atom. The summed E-state index contributed by atoms with van der Waals surface area (Å²) in [6.45, 7) is 13.3. The van der Waals surface area contributed by atoms with E-state index in [4.69, 9.17) is 4.74 Å². The lowest BCUT2D eigenvalue weighted by Gasteiger charge is -2.14. The fraction of sp³-hybridized carbons (Fsp3) is 0.154. The molecule has 0 bridgehead atoms. The predicted octanol–water partition coefficient (Wildman–Crippen LogP) is 6.90. The molecule has 0 aliphatic heterocycles. The van der Waals surface area contributed by atoms with Gasteiger partial charge < -0.3 is 10.1 Å². The molecule has 1 N–H and O–H groups in total. The van der Waals surface area contributed by atoms with Crippen LogP contribution in [0.25, 0.3) is 11.3 Å². The van der Waals surface area contributed by atoms with Gasteiger partial charge in [-0.2, -0.15) is 0 Å². The van der Waals surface area contributed by atoms with Gasteiger partial charge in [-0.05, 0) is 78.9 Å². The lowest BCUT2D eigenvalue weighted by Crippen LogP contribution is -2.13. The molecular formula is C26H26FNO. The van der Waals surface area contributed by atoms with E-state index in [1.165, 1.54) is 28.8 Å². The molecule has 0 unspecified atom stereocenters. The summed E-state index contributed by atoms with van der Waals surface area (Å²) in [5, 5.41) is 3.36. The van der Waals surface area contributed by atoms with Crippen LogP contribution in [-0.2, 0) is 0 Å². The molecule has 0 heterocycles. The van der Waals surface area contributed by atoms with Crippen LogP contribution in [0, 0.1) is 19.7 Å². The summed E-state index contributed by atoms with van der Waals surface area (Å²) in [5.41, 5.74) is 6.64. The zero-order valence-electron chi connectivity index (χ0n) is 17.0. The van der Waals surface area contributed by atoms with Crippen molar-refractivity contribution in [2.75, 3.05) is 6.54 Å². The van der Waals surface area contributed by atoms with E-state index in [1.54, 1.807) is 12.1 Å². The lowest BCUT2D eigenvalue weighted by molar-refractivity contribution is 0.476. The van der Waals surface area contributed by atoms with E-state index in [1.807, 2.05) is 24.3 Å². The Labute approximate surface area is 172 Å². The predicted molar refractivity (Wildman–Crippen MR) is 120 cm³/mol. The monoisotopic (exact) mass is 387 g/mol. The summed E-state index contributed by atoms with van der Waals surface area (Å²) >= 11 is 0. The molecule has 2 nitrogen and oxygen atoms in total. The number of ether oxygens (including phenoxy) is 1. The second-order valence-electron chi connectivity index (χ2n) is 7.16. The maximum absolute atomic E-state index is 13.3. The van der Waals surface area contributed by atoms with Gasteiger partial charge >= 0.3 is 0 Å². The highest BCUT2D eigenvalue weighted by Gasteiger charge is 2.05. The van der Waals surface area contributed by atoms with Crippen molar-refractivity contribution in [3.63, 3.8) is 0 Å². The van der Waals surface area contributed by atoms with E-state index in [0.29, 0.717) is 11.5 Å². The third-order valence-corrected chi connectivity index (χ3v) is 4.77. The van der Waals surface area contributed by atoms with Crippen molar-refractivity contribution in [3.05, 3.63) is 108 Å². The Kier molecular flexibility index (Phi) is 6.50. The number of aryl methyl sites for hydroxylation is 2. The van der Waals surface area contributed by atoms with Crippen molar-refractivity contribution in [1.29, 1.82) is 0 Å². The van der Waals surface area contributed by atoms with E-state index in [2.05, 4.69) is 50.5 Å². The number of hydrogen-bond donors (Lipinski definition) is 1. The van der Waals surface area contributed by atoms with Gasteiger partial charge in [0.2, 0.25) is 0 Å². The zero-order chi connectivity index (χ0) is 20.8. The van der Waals surface area contributed by atoms with Crippen molar-refractivity contribution >= 4 is 11.3 Å². The second-order valence-corrected chi connectivity index (χ2v) is 7.16. The van der Waals surface area contributed by atoms with E-state index < -0.39 is 0 Å². The number of benzene rings is 3. The SMILES string of the molecule is C=C(NCCC(=C)c1cc(C)ccc1C)c1ccc(Oc2cccc(F)c2)cc1. The van der Waals surface area contributed by atoms with E-state index in [-0.39, 0.29) is 5.82 Å². The van der Waals surface area contributed by atoms with Crippen LogP contribution < -0.4 is 10.1 Å². The van der Waals surface area contributed by atoms with Crippen LogP contribution in [0.1, 0.15) is 28.7 Å². The average Bonchev–Trinajstić information content (AvgIpc) is 2.70. The maximum atomic E-state index is 13.3. The second kappa shape index (κ2) is 9.24. The van der Waals surface area contributed by atoms with Gasteiger partial charge in [-0.25, -0.2) is 4.39 Å². The zero-order valence-corrected chi connectivity index (χ0v) is 17.0. The van der Waals surface area contributed by atoms with E-state index in [0.717, 1.165) is 29.8 Å². The summed E-state index contributed by atoms with van der Waals surface area (Å²) in [6, 6.07) is 20.1. The minimum Gasteiger partial charge on any atom is -0.457 e. The Hall–Kier alpha value is -3.33. The van der Waals surface area contributed by atoms with Gasteiger partial charge in [0, 0.05) is 18.3 Å². The highest BCUT2D eigenvalue weighted by molar-refractivity contribution is 5.67. The first-order valence-corrected chi connectivity index (χ1v) is 9.64. The van der Waals surface area contributed by atoms with Crippen molar-refractivity contribution in [1.82, 2.24) is 5.32 Å². The minimum atomic E-state index is -0.320. The number of rotatable bonds is 8. The third-order valence-electron chi connectivity index (χ3n) is 4.77. The molecule has 0 saturated carbocycles. The Morgan fingerprint density at radius 1 is 0.931 bits per heavy atom. The minimum absolute atomic E-state index is 0.320. The molecule has 0 atom stereocenters. The van der Waals surface area contributed by atoms with Gasteiger partial charge in [-0.3, -0.25) is 0 Å². The van der Waals surface area contributed by atoms with Gasteiger partial charge in [-0.15, -0.1) is 0 Å². The topological polar surface area (TPSA) is 21.3 Å². The summed E-state index contributed by atoms with van der Waals surface area (Å²) in [7, 11) is 0. The van der Waals surface area contributed by atoms with Gasteiger partial charge in [-0.1, -0.05) is 43.0 Å². The number of hydrogen-bond acceptors (Lipinski definition) is 2. The fourth-order valence-electron chi connectivity index (χ4n) is 3.11. The highest BCUT2D eigenvalue weighted by atomic mass is 19.1. The molecule has 0 saturated heterocycles. The average molecular weight is 387 g/mol. The van der Waals surface area contributed by atoms with Gasteiger partial charge in [0.1, 0.15) is 17.3 Å². The quantitative estimate of drug-likeness (QED) is 0.454. The van der Waals surface area contributed by atoms with Crippen LogP contribution in [0.3, 0.4) is 0 Å². The molecule has 0 spiro atoms. The molecule has 3 aromatic rings. The molecule has 3 aromatic carbocycles. The van der Waals surface area contributed by atoms with Crippen LogP contribution in [0.4, 0.5) is 4.39 Å². The molecule has 0 amide bonds. The summed E-state index contributed by atoms with van der Waals surface area (Å²) in [6.07, 6.45) is 0.837. The van der Waals surface area contributed by atoms with Crippen LogP contribution in [0.2, 0.25) is 0 Å². The standard InChI is InChI=1S/C26H26FNO/c1-18-8-9-19(2)26(16-18)20(3)14-15-28-21(4)22-10-12-24(13-11-22)29-25-7-5-6-23(27)17-25/h5-13,16-17,28H,3-4,14-15H2,1-2H3. The molecular weight excluding hydrogens is 361 g/mol. The van der Waals surface area contributed by atoms with Gasteiger partial charge in [0.05, 0.1) is 0 Å². The first-order valence-electron chi connectivity index (χ1n) is 9.64. The summed E-state index contributed by atoms with van der Waals surface area (Å²) in [5.74, 6) is 0.800. The van der Waals surface area contributed by atoms with Gasteiger partial charge in [0.25, 0.3) is 0 Å². The fourth-order valence-corrected chi connectivity index (χ4v) is 3.11. The van der Waals surface area contributed by atoms with Crippen molar-refractivity contribution < 1.29 is 9.13 Å². The summed E-state index contributed by atoms with van der Waals surface area (Å²) in [4.78, 5) is 0. The van der Waals surface area contributed by atoms with Gasteiger partial charge in [0.15, 0.2) is 0 Å². The summed E-state index contributed by atoms with van der Waals surface area (Å²) < 4.78 is 18.9. The first-order chi connectivity index (χ1) is 13.9. The van der Waals surface area contributed by atoms with Crippen molar-refractivity contribution in [2.24, 2.45) is 0 Å². The van der Waals surface area contributed by atoms with Crippen molar-refractivity contribution in [2.45, 2.75) is 20.3 Å². The maximum Gasteiger partial charge on any atom is 0.130 e. The van der Waals surface area contributed by atoms with E-state index >= 15 is 0 Å². The molecule has 0 aliphatic carbocycles. The molecule has 0 aromatic heterocycles. The van der Waals surface area contributed by atoms with Crippen LogP contribution in [0.15, 0.2) is 79.9 Å². The molecule has 0 radical (unpaired) electrons. The third kappa shape index (κ3) is 5.58. The number of halogens is 1. The van der Waals surface area contributed by atoms with Crippen molar-refractivity contribution in [3.8, 4) is 11.5 Å². The molecule has 0 fully saturated rings. The molecule has 3 heteroatoms. The molecule has 148 valence electrons. The molecule has 29 heavy (non-hydrogen) atoms. The lowest BCUT2D eigenvalue weighted by atomic mass is 9.97. The first kappa shape index (κ1) is 20.4. The molecule has 0 aliphatic rings. The molecule has 3 rings (SSSR count). The number of nitrogens with one attached hydrogen (secondary N) is 1.